The maximum atomic E-state index is 13.7. The minimum atomic E-state index is -0.574. The first kappa shape index (κ1) is 30.2. The van der Waals surface area contributed by atoms with Gasteiger partial charge in [-0.15, -0.1) is 11.3 Å². The van der Waals surface area contributed by atoms with E-state index >= 15 is 0 Å². The predicted molar refractivity (Wildman–Crippen MR) is 173 cm³/mol. The minimum Gasteiger partial charge on any atom is -0.452 e. The summed E-state index contributed by atoms with van der Waals surface area (Å²) in [4.78, 5) is 45.0. The van der Waals surface area contributed by atoms with Crippen LogP contribution in [0.1, 0.15) is 64.8 Å². The average molecular weight is 596 g/mol. The highest BCUT2D eigenvalue weighted by Crippen LogP contribution is 2.45. The largest absolute Gasteiger partial charge is 0.452 e. The topological polar surface area (TPSA) is 97.4 Å². The number of allylic oxidation sites excluding steroid dienone is 1. The van der Waals surface area contributed by atoms with Crippen LogP contribution in [0.5, 0.6) is 0 Å². The third-order valence-corrected chi connectivity index (χ3v) is 8.98. The van der Waals surface area contributed by atoms with Crippen LogP contribution in [0.25, 0.3) is 22.6 Å². The third kappa shape index (κ3) is 6.86. The lowest BCUT2D eigenvalue weighted by atomic mass is 9.69. The van der Waals surface area contributed by atoms with Gasteiger partial charge in [0.2, 0.25) is 5.91 Å². The van der Waals surface area contributed by atoms with Gasteiger partial charge in [-0.1, -0.05) is 57.2 Å². The van der Waals surface area contributed by atoms with E-state index < -0.39 is 18.5 Å². The number of fused-ring (bicyclic) bond motifs is 2. The Hall–Kier alpha value is -4.30. The molecule has 1 aliphatic carbocycles. The fourth-order valence-electron chi connectivity index (χ4n) is 5.43. The molecular weight excluding hydrogens is 558 g/mol. The summed E-state index contributed by atoms with van der Waals surface area (Å²) in [6, 6.07) is 17.3. The summed E-state index contributed by atoms with van der Waals surface area (Å²) in [6.07, 6.45) is 3.70. The molecule has 1 aliphatic rings. The van der Waals surface area contributed by atoms with Crippen molar-refractivity contribution in [2.75, 3.05) is 18.5 Å². The normalized spacial score (nSPS) is 15.7. The number of aromatic nitrogens is 1. The standard InChI is InChI=1S/C35H37N3O4S/c1-21-10-8-14-28(22(21)2)37-30(39)19-36-31(40)20-42-34(41)32-26-12-6-7-13-29(26)38-33-23(17-25-11-9-15-43-25)16-24(18-27(32)33)35(3,4)5/h6-15,17,24H,16,18-20H2,1-5H3,(H,36,40)(H,37,39)/b23-17+. The van der Waals surface area contributed by atoms with E-state index in [2.05, 4.69) is 43.5 Å². The molecule has 1 unspecified atom stereocenters. The van der Waals surface area contributed by atoms with Crippen LogP contribution in [0, 0.1) is 25.2 Å². The minimum absolute atomic E-state index is 0.00348. The van der Waals surface area contributed by atoms with E-state index in [1.165, 1.54) is 0 Å². The van der Waals surface area contributed by atoms with Crippen LogP contribution in [0.2, 0.25) is 0 Å². The molecule has 0 spiro atoms. The van der Waals surface area contributed by atoms with Gasteiger partial charge in [-0.3, -0.25) is 9.59 Å². The van der Waals surface area contributed by atoms with Gasteiger partial charge in [0.15, 0.2) is 6.61 Å². The number of benzene rings is 2. The smallest absolute Gasteiger partial charge is 0.339 e. The Morgan fingerprint density at radius 1 is 1.00 bits per heavy atom. The molecule has 43 heavy (non-hydrogen) atoms. The lowest BCUT2D eigenvalue weighted by Crippen LogP contribution is -2.36. The molecule has 222 valence electrons. The number of carbonyl (C=O) groups excluding carboxylic acids is 3. The van der Waals surface area contributed by atoms with E-state index in [4.69, 9.17) is 9.72 Å². The Morgan fingerprint density at radius 3 is 2.53 bits per heavy atom. The Balaban J connectivity index is 1.37. The van der Waals surface area contributed by atoms with Crippen molar-refractivity contribution >= 4 is 57.4 Å². The van der Waals surface area contributed by atoms with Gasteiger partial charge in [0, 0.05) is 16.0 Å². The molecule has 1 atom stereocenters. The number of aryl methyl sites for hydroxylation is 1. The average Bonchev–Trinajstić information content (AvgIpc) is 3.48. The summed E-state index contributed by atoms with van der Waals surface area (Å²) in [7, 11) is 0. The zero-order chi connectivity index (χ0) is 30.7. The highest BCUT2D eigenvalue weighted by molar-refractivity contribution is 7.10. The summed E-state index contributed by atoms with van der Waals surface area (Å²) >= 11 is 1.66. The lowest BCUT2D eigenvalue weighted by Gasteiger charge is -2.36. The molecule has 5 rings (SSSR count). The first-order valence-electron chi connectivity index (χ1n) is 14.5. The maximum Gasteiger partial charge on any atom is 0.339 e. The summed E-state index contributed by atoms with van der Waals surface area (Å²) in [5, 5.41) is 8.11. The molecule has 2 heterocycles. The van der Waals surface area contributed by atoms with Gasteiger partial charge in [-0.05, 0) is 89.9 Å². The monoisotopic (exact) mass is 595 g/mol. The van der Waals surface area contributed by atoms with Crippen LogP contribution < -0.4 is 10.6 Å². The van der Waals surface area contributed by atoms with Crippen molar-refractivity contribution < 1.29 is 19.1 Å². The van der Waals surface area contributed by atoms with Crippen LogP contribution in [0.4, 0.5) is 5.69 Å². The number of nitrogens with one attached hydrogen (secondary N) is 2. The quantitative estimate of drug-likeness (QED) is 0.225. The molecular formula is C35H37N3O4S. The van der Waals surface area contributed by atoms with Gasteiger partial charge in [0.25, 0.3) is 5.91 Å². The number of thiophene rings is 1. The van der Waals surface area contributed by atoms with Gasteiger partial charge in [-0.25, -0.2) is 9.78 Å². The fourth-order valence-corrected chi connectivity index (χ4v) is 6.11. The van der Waals surface area contributed by atoms with Gasteiger partial charge in [-0.2, -0.15) is 0 Å². The van der Waals surface area contributed by atoms with Gasteiger partial charge < -0.3 is 15.4 Å². The second kappa shape index (κ2) is 12.5. The van der Waals surface area contributed by atoms with Crippen molar-refractivity contribution in [2.45, 2.75) is 47.5 Å². The van der Waals surface area contributed by atoms with E-state index in [0.29, 0.717) is 28.6 Å². The van der Waals surface area contributed by atoms with Gasteiger partial charge in [0.1, 0.15) is 0 Å². The highest BCUT2D eigenvalue weighted by Gasteiger charge is 2.35. The number of anilines is 1. The summed E-state index contributed by atoms with van der Waals surface area (Å²) in [5.74, 6) is -1.21. The number of hydrogen-bond acceptors (Lipinski definition) is 6. The molecule has 0 fully saturated rings. The van der Waals surface area contributed by atoms with Crippen molar-refractivity contribution in [1.29, 1.82) is 0 Å². The summed E-state index contributed by atoms with van der Waals surface area (Å²) < 4.78 is 5.58. The van der Waals surface area contributed by atoms with E-state index in [0.717, 1.165) is 39.3 Å². The predicted octanol–water partition coefficient (Wildman–Crippen LogP) is 6.97. The van der Waals surface area contributed by atoms with Crippen LogP contribution in [-0.4, -0.2) is 35.9 Å². The van der Waals surface area contributed by atoms with Crippen molar-refractivity contribution in [3.8, 4) is 0 Å². The molecule has 2 N–H and O–H groups in total. The number of ether oxygens (including phenoxy) is 1. The maximum absolute atomic E-state index is 13.7. The van der Waals surface area contributed by atoms with Crippen molar-refractivity contribution in [3.63, 3.8) is 0 Å². The van der Waals surface area contributed by atoms with E-state index in [9.17, 15) is 14.4 Å². The summed E-state index contributed by atoms with van der Waals surface area (Å²) in [5.41, 5.74) is 6.62. The number of hydrogen-bond donors (Lipinski definition) is 2. The molecule has 0 radical (unpaired) electrons. The Bertz CT molecular complexity index is 1720. The molecule has 2 aromatic carbocycles. The Labute approximate surface area is 256 Å². The number of nitrogens with zero attached hydrogens (tertiary/aromatic N) is 1. The first-order valence-corrected chi connectivity index (χ1v) is 15.3. The lowest BCUT2D eigenvalue weighted by molar-refractivity contribution is -0.126. The van der Waals surface area contributed by atoms with E-state index in [1.54, 1.807) is 11.3 Å². The fraction of sp³-hybridized carbons (Fsp3) is 0.314. The van der Waals surface area contributed by atoms with Crippen LogP contribution in [0.3, 0.4) is 0 Å². The molecule has 0 bridgehead atoms. The molecule has 0 saturated carbocycles. The van der Waals surface area contributed by atoms with E-state index in [1.807, 2.05) is 67.8 Å². The van der Waals surface area contributed by atoms with Crippen molar-refractivity contribution in [1.82, 2.24) is 10.3 Å². The molecule has 7 nitrogen and oxygen atoms in total. The zero-order valence-corrected chi connectivity index (χ0v) is 26.1. The number of esters is 1. The number of carbonyl (C=O) groups is 3. The molecule has 0 aliphatic heterocycles. The Kier molecular flexibility index (Phi) is 8.78. The van der Waals surface area contributed by atoms with Crippen LogP contribution in [-0.2, 0) is 20.7 Å². The SMILES string of the molecule is Cc1cccc(NC(=O)CNC(=O)COC(=O)c2c3c(nc4ccccc24)/C(=C/c2cccs2)CC(C(C)(C)C)C3)c1C. The number of amides is 2. The molecule has 8 heteroatoms. The number of para-hydroxylation sites is 1. The molecule has 4 aromatic rings. The number of pyridine rings is 1. The van der Waals surface area contributed by atoms with Crippen LogP contribution in [0.15, 0.2) is 60.0 Å². The molecule has 2 aromatic heterocycles. The second-order valence-corrected chi connectivity index (χ2v) is 13.1. The van der Waals surface area contributed by atoms with Crippen LogP contribution >= 0.6 is 11.3 Å². The van der Waals surface area contributed by atoms with Gasteiger partial charge >= 0.3 is 5.97 Å². The molecule has 0 saturated heterocycles. The highest BCUT2D eigenvalue weighted by atomic mass is 32.1. The van der Waals surface area contributed by atoms with E-state index in [-0.39, 0.29) is 23.8 Å². The first-order chi connectivity index (χ1) is 20.5. The summed E-state index contributed by atoms with van der Waals surface area (Å²) in [6.45, 7) is 9.82. The zero-order valence-electron chi connectivity index (χ0n) is 25.2. The second-order valence-electron chi connectivity index (χ2n) is 12.1. The van der Waals surface area contributed by atoms with Crippen molar-refractivity contribution in [3.05, 3.63) is 92.8 Å². The van der Waals surface area contributed by atoms with Gasteiger partial charge in [0.05, 0.1) is 23.3 Å². The number of rotatable bonds is 7. The third-order valence-electron chi connectivity index (χ3n) is 8.16. The Morgan fingerprint density at radius 2 is 1.79 bits per heavy atom. The molecule has 2 amide bonds. The van der Waals surface area contributed by atoms with Crippen molar-refractivity contribution in [2.24, 2.45) is 11.3 Å².